The second kappa shape index (κ2) is 9.57. The SMILES string of the molecule is C=C1/C(=C\C=C2/CCC[C@]3(C)[C@@H]2CC[C@@H]3[C@H](C)/C=C/[C@H](C)C(C)C)C[C@@H](O)C[C@H]1O. The predicted molar refractivity (Wildman–Crippen MR) is 127 cm³/mol. The second-order valence-corrected chi connectivity index (χ2v) is 11.0. The van der Waals surface area contributed by atoms with E-state index in [0.29, 0.717) is 41.9 Å². The minimum absolute atomic E-state index is 0.385. The highest BCUT2D eigenvalue weighted by atomic mass is 16.3. The number of aliphatic hydroxyl groups excluding tert-OH is 2. The van der Waals surface area contributed by atoms with Gasteiger partial charge >= 0.3 is 0 Å². The van der Waals surface area contributed by atoms with Crippen LogP contribution >= 0.6 is 0 Å². The fraction of sp³-hybridized carbons (Fsp3) is 0.714. The molecule has 0 bridgehead atoms. The average Bonchev–Trinajstić information content (AvgIpc) is 3.04. The van der Waals surface area contributed by atoms with Gasteiger partial charge in [0.1, 0.15) is 0 Å². The highest BCUT2D eigenvalue weighted by Crippen LogP contribution is 2.59. The van der Waals surface area contributed by atoms with Gasteiger partial charge in [-0.2, -0.15) is 0 Å². The number of fused-ring (bicyclic) bond motifs is 1. The Labute approximate surface area is 184 Å². The van der Waals surface area contributed by atoms with E-state index in [4.69, 9.17) is 0 Å². The standard InChI is InChI=1S/C28H44O2/c1-18(2)19(3)9-10-20(4)25-13-14-26-22(8-7-15-28(25,26)6)11-12-23-16-24(29)17-27(30)21(23)5/h9-12,18-20,24-27,29-30H,5,7-8,13-17H2,1-4,6H3/b10-9+,22-11+,23-12-/t19-,20+,24+,25+,26+,27+,28-/m0/s1. The third-order valence-corrected chi connectivity index (χ3v) is 8.71. The lowest BCUT2D eigenvalue weighted by Crippen LogP contribution is -2.35. The molecule has 3 rings (SSSR count). The van der Waals surface area contributed by atoms with Crippen molar-refractivity contribution in [3.63, 3.8) is 0 Å². The molecule has 3 aliphatic rings. The quantitative estimate of drug-likeness (QED) is 0.499. The van der Waals surface area contributed by atoms with Crippen LogP contribution in [0.15, 0.2) is 47.6 Å². The van der Waals surface area contributed by atoms with E-state index in [-0.39, 0.29) is 0 Å². The molecule has 168 valence electrons. The van der Waals surface area contributed by atoms with Gasteiger partial charge in [-0.1, -0.05) is 71.1 Å². The summed E-state index contributed by atoms with van der Waals surface area (Å²) in [6.07, 6.45) is 15.8. The summed E-state index contributed by atoms with van der Waals surface area (Å²) in [6.45, 7) is 16.0. The summed E-state index contributed by atoms with van der Waals surface area (Å²) in [5.41, 5.74) is 3.77. The first-order chi connectivity index (χ1) is 14.1. The molecular weight excluding hydrogens is 368 g/mol. The van der Waals surface area contributed by atoms with Crippen molar-refractivity contribution in [2.24, 2.45) is 35.0 Å². The summed E-state index contributed by atoms with van der Waals surface area (Å²) in [5.74, 6) is 3.38. The van der Waals surface area contributed by atoms with Crippen LogP contribution in [-0.2, 0) is 0 Å². The van der Waals surface area contributed by atoms with Gasteiger partial charge in [-0.15, -0.1) is 0 Å². The highest BCUT2D eigenvalue weighted by molar-refractivity contribution is 5.38. The summed E-state index contributed by atoms with van der Waals surface area (Å²) in [7, 11) is 0. The third-order valence-electron chi connectivity index (χ3n) is 8.71. The minimum atomic E-state index is -0.605. The monoisotopic (exact) mass is 412 g/mol. The van der Waals surface area contributed by atoms with Crippen LogP contribution in [0.2, 0.25) is 0 Å². The molecule has 0 aromatic carbocycles. The van der Waals surface area contributed by atoms with E-state index in [1.54, 1.807) is 5.57 Å². The molecule has 2 N–H and O–H groups in total. The van der Waals surface area contributed by atoms with Crippen LogP contribution in [0.1, 0.15) is 79.6 Å². The highest BCUT2D eigenvalue weighted by Gasteiger charge is 2.50. The van der Waals surface area contributed by atoms with Crippen LogP contribution in [0, 0.1) is 35.0 Å². The molecule has 3 aliphatic carbocycles. The van der Waals surface area contributed by atoms with Crippen LogP contribution in [0.4, 0.5) is 0 Å². The minimum Gasteiger partial charge on any atom is -0.393 e. The topological polar surface area (TPSA) is 40.5 Å². The Morgan fingerprint density at radius 3 is 2.50 bits per heavy atom. The molecule has 2 nitrogen and oxygen atoms in total. The predicted octanol–water partition coefficient (Wildman–Crippen LogP) is 6.61. The van der Waals surface area contributed by atoms with Crippen molar-refractivity contribution in [2.75, 3.05) is 0 Å². The Morgan fingerprint density at radius 2 is 1.80 bits per heavy atom. The van der Waals surface area contributed by atoms with Crippen LogP contribution < -0.4 is 0 Å². The Balaban J connectivity index is 1.76. The molecule has 3 saturated carbocycles. The number of aliphatic hydroxyl groups is 2. The lowest BCUT2D eigenvalue weighted by Gasteiger charge is -2.44. The van der Waals surface area contributed by atoms with Gasteiger partial charge in [0.25, 0.3) is 0 Å². The number of hydrogen-bond acceptors (Lipinski definition) is 2. The van der Waals surface area contributed by atoms with Crippen molar-refractivity contribution >= 4 is 0 Å². The zero-order valence-electron chi connectivity index (χ0n) is 19.9. The number of hydrogen-bond donors (Lipinski definition) is 2. The maximum atomic E-state index is 10.1. The maximum Gasteiger partial charge on any atom is 0.0811 e. The number of allylic oxidation sites excluding steroid dienone is 5. The molecule has 3 fully saturated rings. The van der Waals surface area contributed by atoms with Gasteiger partial charge in [-0.3, -0.25) is 0 Å². The van der Waals surface area contributed by atoms with Crippen molar-refractivity contribution in [1.82, 2.24) is 0 Å². The molecular formula is C28H44O2. The van der Waals surface area contributed by atoms with Crippen molar-refractivity contribution in [3.8, 4) is 0 Å². The lowest BCUT2D eigenvalue weighted by molar-refractivity contribution is 0.0862. The van der Waals surface area contributed by atoms with E-state index >= 15 is 0 Å². The van der Waals surface area contributed by atoms with E-state index in [1.165, 1.54) is 32.1 Å². The number of rotatable bonds is 5. The Hall–Kier alpha value is -1.12. The molecule has 2 heteroatoms. The van der Waals surface area contributed by atoms with Crippen molar-refractivity contribution in [3.05, 3.63) is 47.6 Å². The largest absolute Gasteiger partial charge is 0.393 e. The summed E-state index contributed by atoms with van der Waals surface area (Å²) in [6, 6.07) is 0. The molecule has 0 aliphatic heterocycles. The van der Waals surface area contributed by atoms with E-state index in [9.17, 15) is 10.2 Å². The summed E-state index contributed by atoms with van der Waals surface area (Å²) in [4.78, 5) is 0. The first-order valence-electron chi connectivity index (χ1n) is 12.3. The van der Waals surface area contributed by atoms with Crippen molar-refractivity contribution in [1.29, 1.82) is 0 Å². The molecule has 30 heavy (non-hydrogen) atoms. The first kappa shape index (κ1) is 23.5. The van der Waals surface area contributed by atoms with E-state index in [1.807, 2.05) is 0 Å². The molecule has 0 unspecified atom stereocenters. The molecule has 0 amide bonds. The zero-order chi connectivity index (χ0) is 22.1. The van der Waals surface area contributed by atoms with Gasteiger partial charge in [0.15, 0.2) is 0 Å². The molecule has 0 radical (unpaired) electrons. The van der Waals surface area contributed by atoms with Crippen LogP contribution in [0.25, 0.3) is 0 Å². The maximum absolute atomic E-state index is 10.1. The fourth-order valence-electron chi connectivity index (χ4n) is 6.32. The first-order valence-corrected chi connectivity index (χ1v) is 12.3. The van der Waals surface area contributed by atoms with Gasteiger partial charge in [0, 0.05) is 6.42 Å². The van der Waals surface area contributed by atoms with E-state index in [2.05, 4.69) is 65.5 Å². The molecule has 0 spiro atoms. The Kier molecular flexibility index (Phi) is 7.51. The molecule has 7 atom stereocenters. The van der Waals surface area contributed by atoms with Gasteiger partial charge in [0.2, 0.25) is 0 Å². The van der Waals surface area contributed by atoms with Gasteiger partial charge in [-0.25, -0.2) is 0 Å². The van der Waals surface area contributed by atoms with Crippen LogP contribution in [-0.4, -0.2) is 22.4 Å². The lowest BCUT2D eigenvalue weighted by atomic mass is 9.61. The van der Waals surface area contributed by atoms with Crippen LogP contribution in [0.5, 0.6) is 0 Å². The van der Waals surface area contributed by atoms with Gasteiger partial charge in [0.05, 0.1) is 12.2 Å². The average molecular weight is 413 g/mol. The van der Waals surface area contributed by atoms with Crippen LogP contribution in [0.3, 0.4) is 0 Å². The van der Waals surface area contributed by atoms with Gasteiger partial charge < -0.3 is 10.2 Å². The normalized spacial score (nSPS) is 39.8. The third kappa shape index (κ3) is 4.86. The molecule has 0 aromatic heterocycles. The van der Waals surface area contributed by atoms with E-state index < -0.39 is 12.2 Å². The Bertz CT molecular complexity index is 712. The fourth-order valence-corrected chi connectivity index (χ4v) is 6.32. The van der Waals surface area contributed by atoms with E-state index in [0.717, 1.165) is 17.1 Å². The smallest absolute Gasteiger partial charge is 0.0811 e. The zero-order valence-corrected chi connectivity index (χ0v) is 19.9. The molecule has 0 heterocycles. The molecule has 0 aromatic rings. The van der Waals surface area contributed by atoms with Crippen molar-refractivity contribution in [2.45, 2.75) is 91.8 Å². The summed E-state index contributed by atoms with van der Waals surface area (Å²) < 4.78 is 0. The Morgan fingerprint density at radius 1 is 1.07 bits per heavy atom. The molecule has 0 saturated heterocycles. The van der Waals surface area contributed by atoms with Gasteiger partial charge in [-0.05, 0) is 84.7 Å². The summed E-state index contributed by atoms with van der Waals surface area (Å²) >= 11 is 0. The second-order valence-electron chi connectivity index (χ2n) is 11.0. The van der Waals surface area contributed by atoms with Crippen molar-refractivity contribution < 1.29 is 10.2 Å². The summed E-state index contributed by atoms with van der Waals surface area (Å²) in [5, 5.41) is 20.2.